The van der Waals surface area contributed by atoms with E-state index in [4.69, 9.17) is 29.4 Å². The molecule has 18 nitrogen and oxygen atoms in total. The molecule has 100 heavy (non-hydrogen) atoms. The number of carbonyl (C=O) groups excluding carboxylic acids is 6. The monoisotopic (exact) mass is 1410 g/mol. The molecule has 0 spiro atoms. The van der Waals surface area contributed by atoms with E-state index in [1.165, 1.54) is 147 Å². The summed E-state index contributed by atoms with van der Waals surface area (Å²) in [5.74, 6) is -0.518. The predicted octanol–water partition coefficient (Wildman–Crippen LogP) is 16.5. The van der Waals surface area contributed by atoms with Gasteiger partial charge in [0.25, 0.3) is 11.8 Å². The number of nitrogens with one attached hydrogen (secondary N) is 6. The van der Waals surface area contributed by atoms with Crippen LogP contribution in [0, 0.1) is 32.5 Å². The number of hydrogen-bond acceptors (Lipinski definition) is 12. The fourth-order valence-corrected chi connectivity index (χ4v) is 11.6. The van der Waals surface area contributed by atoms with Crippen molar-refractivity contribution in [2.75, 3.05) is 92.1 Å². The molecule has 8 N–H and O–H groups in total. The summed E-state index contributed by atoms with van der Waals surface area (Å²) in [7, 11) is 0. The highest BCUT2D eigenvalue weighted by atomic mass is 16.5. The quantitative estimate of drug-likeness (QED) is 0.0301. The van der Waals surface area contributed by atoms with E-state index in [0.717, 1.165) is 25.7 Å². The van der Waals surface area contributed by atoms with Gasteiger partial charge in [0, 0.05) is 97.7 Å². The number of rotatable bonds is 63. The van der Waals surface area contributed by atoms with Crippen LogP contribution >= 0.6 is 0 Å². The molecule has 0 aliphatic heterocycles. The summed E-state index contributed by atoms with van der Waals surface area (Å²) in [6, 6.07) is 4.70. The minimum Gasteiger partial charge on any atom is -0.492 e. The van der Waals surface area contributed by atoms with Crippen molar-refractivity contribution in [2.24, 2.45) is 38.2 Å². The number of benzene rings is 1. The highest BCUT2D eigenvalue weighted by Gasteiger charge is 2.32. The maximum Gasteiger partial charge on any atom is 0.251 e. The molecule has 0 atom stereocenters. The third-order valence-corrected chi connectivity index (χ3v) is 18.1. The molecule has 0 fully saturated rings. The van der Waals surface area contributed by atoms with Crippen LogP contribution in [0.3, 0.4) is 0 Å². The maximum absolute atomic E-state index is 13.9. The number of unbranched alkanes of at least 4 members (excludes halogenated alkanes) is 24. The zero-order chi connectivity index (χ0) is 75.2. The first kappa shape index (κ1) is 93.7. The van der Waals surface area contributed by atoms with E-state index in [-0.39, 0.29) is 96.8 Å². The van der Waals surface area contributed by atoms with Crippen LogP contribution in [-0.2, 0) is 38.1 Å². The lowest BCUT2D eigenvalue weighted by molar-refractivity contribution is -0.127. The first-order chi connectivity index (χ1) is 46.8. The zero-order valence-corrected chi connectivity index (χ0v) is 67.4. The van der Waals surface area contributed by atoms with Crippen LogP contribution in [0.1, 0.15) is 338 Å². The Balaban J connectivity index is 2.54. The average Bonchev–Trinajstić information content (AvgIpc) is 0.823. The largest absolute Gasteiger partial charge is 0.492 e. The van der Waals surface area contributed by atoms with E-state index in [9.17, 15) is 28.8 Å². The van der Waals surface area contributed by atoms with Crippen molar-refractivity contribution in [1.82, 2.24) is 31.9 Å². The van der Waals surface area contributed by atoms with Gasteiger partial charge in [-0.05, 0) is 69.6 Å². The normalized spacial score (nSPS) is 12.7. The first-order valence-corrected chi connectivity index (χ1v) is 39.4. The second-order valence-electron chi connectivity index (χ2n) is 35.4. The molecular weight excluding hydrogens is 1260 g/mol. The van der Waals surface area contributed by atoms with Crippen molar-refractivity contribution in [2.45, 2.75) is 328 Å². The first-order valence-electron chi connectivity index (χ1n) is 39.4. The van der Waals surface area contributed by atoms with Crippen LogP contribution in [0.2, 0.25) is 0 Å². The SMILES string of the molecule is CCCCCCCCCCCCCCCC(=O)NCC(C)(C)COCC(C)(C)CNC(=O)CC(C)(C)COCC(C)(C)NC(=O)c1cc(OCCN)cc(C(=O)NCC(C)(C)COCC(C)(C)CC(=O)NCC(C)(C)OCC(C)(C)CNC(=O)CCCCCCCCCCCCCCC)c1. The number of hydrogen-bond donors (Lipinski definition) is 7. The summed E-state index contributed by atoms with van der Waals surface area (Å²) in [4.78, 5) is 79.6. The molecule has 1 aromatic carbocycles. The van der Waals surface area contributed by atoms with Crippen LogP contribution in [0.5, 0.6) is 5.75 Å². The molecule has 0 radical (unpaired) electrons. The van der Waals surface area contributed by atoms with Crippen LogP contribution < -0.4 is 42.4 Å². The van der Waals surface area contributed by atoms with Gasteiger partial charge in [0.1, 0.15) is 12.4 Å². The summed E-state index contributed by atoms with van der Waals surface area (Å²) in [5.41, 5.74) is 2.42. The number of amides is 6. The Morgan fingerprint density at radius 1 is 0.350 bits per heavy atom. The smallest absolute Gasteiger partial charge is 0.251 e. The minimum absolute atomic E-state index is 0.0856. The predicted molar refractivity (Wildman–Crippen MR) is 412 cm³/mol. The van der Waals surface area contributed by atoms with Gasteiger partial charge in [0.05, 0.1) is 57.4 Å². The Morgan fingerprint density at radius 2 is 0.660 bits per heavy atom. The van der Waals surface area contributed by atoms with Gasteiger partial charge in [-0.15, -0.1) is 0 Å². The van der Waals surface area contributed by atoms with Crippen LogP contribution in [-0.4, -0.2) is 139 Å². The van der Waals surface area contributed by atoms with Crippen molar-refractivity contribution < 1.29 is 52.5 Å². The summed E-state index contributed by atoms with van der Waals surface area (Å²) in [6.07, 6.45) is 34.8. The molecule has 1 aromatic rings. The van der Waals surface area contributed by atoms with Gasteiger partial charge in [-0.25, -0.2) is 0 Å². The van der Waals surface area contributed by atoms with Crippen LogP contribution in [0.15, 0.2) is 18.2 Å². The highest BCUT2D eigenvalue weighted by Crippen LogP contribution is 2.28. The van der Waals surface area contributed by atoms with E-state index in [1.54, 1.807) is 12.1 Å². The van der Waals surface area contributed by atoms with Crippen molar-refractivity contribution in [3.63, 3.8) is 0 Å². The average molecular weight is 1410 g/mol. The number of ether oxygens (including phenoxy) is 5. The lowest BCUT2D eigenvalue weighted by Crippen LogP contribution is -2.47. The van der Waals surface area contributed by atoms with Gasteiger partial charge in [0.15, 0.2) is 0 Å². The van der Waals surface area contributed by atoms with Gasteiger partial charge in [-0.3, -0.25) is 28.8 Å². The van der Waals surface area contributed by atoms with E-state index >= 15 is 0 Å². The summed E-state index contributed by atoms with van der Waals surface area (Å²) >= 11 is 0. The van der Waals surface area contributed by atoms with Crippen molar-refractivity contribution in [3.05, 3.63) is 29.3 Å². The topological polar surface area (TPSA) is 247 Å². The molecule has 0 heterocycles. The summed E-state index contributed by atoms with van der Waals surface area (Å²) in [6.45, 7) is 41.3. The molecule has 0 aromatic heterocycles. The second kappa shape index (κ2) is 50.1. The summed E-state index contributed by atoms with van der Waals surface area (Å²) < 4.78 is 30.7. The lowest BCUT2D eigenvalue weighted by atomic mass is 9.89. The molecule has 1 rings (SSSR count). The summed E-state index contributed by atoms with van der Waals surface area (Å²) in [5, 5.41) is 18.5. The Hall–Kier alpha value is -4.36. The van der Waals surface area contributed by atoms with E-state index < -0.39 is 39.2 Å². The molecule has 0 aliphatic carbocycles. The standard InChI is InChI=1S/C82H153N7O11/c1-19-21-23-25-27-29-31-33-35-37-39-41-43-45-69(90)84-54-77(7,8)61-97-62-78(9,10)55-86-71(92)52-76(5,6)60-98-65-81(15,16)89-74(95)67-49-66(50-68(51-67)99-48-47-83)73(94)88-57-79(11,12)63-96-59-75(3,4)53-72(93)87-58-82(17,18)100-64-80(13,14)56-85-70(91)46-44-42-40-38-36-34-32-30-28-26-24-22-20-2/h49-51H,19-48,52-65,83H2,1-18H3,(H,84,90)(H,85,91)(H,86,92)(H,87,93)(H,88,94)(H,89,95). The van der Waals surface area contributed by atoms with Gasteiger partial charge in [0.2, 0.25) is 23.6 Å². The molecule has 0 bridgehead atoms. The van der Waals surface area contributed by atoms with Crippen LogP contribution in [0.25, 0.3) is 0 Å². The fraction of sp³-hybridized carbons (Fsp3) is 0.854. The van der Waals surface area contributed by atoms with E-state index in [0.29, 0.717) is 77.8 Å². The van der Waals surface area contributed by atoms with Crippen molar-refractivity contribution in [3.8, 4) is 5.75 Å². The lowest BCUT2D eigenvalue weighted by Gasteiger charge is -2.33. The molecule has 0 aliphatic rings. The minimum atomic E-state index is -0.832. The zero-order valence-electron chi connectivity index (χ0n) is 67.4. The Bertz CT molecular complexity index is 2420. The van der Waals surface area contributed by atoms with E-state index in [1.807, 2.05) is 69.2 Å². The van der Waals surface area contributed by atoms with Crippen molar-refractivity contribution in [1.29, 1.82) is 0 Å². The Morgan fingerprint density at radius 3 is 1.04 bits per heavy atom. The molecule has 0 unspecified atom stereocenters. The number of carbonyl (C=O) groups is 6. The molecule has 18 heteroatoms. The van der Waals surface area contributed by atoms with Gasteiger partial charge in [-0.2, -0.15) is 0 Å². The third-order valence-electron chi connectivity index (χ3n) is 18.1. The Labute approximate surface area is 610 Å². The van der Waals surface area contributed by atoms with Crippen molar-refractivity contribution >= 4 is 35.4 Å². The molecule has 6 amide bonds. The van der Waals surface area contributed by atoms with Gasteiger partial charge in [-0.1, -0.05) is 251 Å². The molecule has 0 saturated carbocycles. The highest BCUT2D eigenvalue weighted by molar-refractivity contribution is 6.00. The maximum atomic E-state index is 13.9. The van der Waals surface area contributed by atoms with Crippen LogP contribution in [0.4, 0.5) is 0 Å². The third kappa shape index (κ3) is 50.9. The van der Waals surface area contributed by atoms with E-state index in [2.05, 4.69) is 87.3 Å². The van der Waals surface area contributed by atoms with Gasteiger partial charge < -0.3 is 61.3 Å². The molecular formula is C82H153N7O11. The Kier molecular flexibility index (Phi) is 47.0. The molecule has 0 saturated heterocycles. The second-order valence-corrected chi connectivity index (χ2v) is 35.4. The number of nitrogens with two attached hydrogens (primary N) is 1. The molecule has 582 valence electrons. The van der Waals surface area contributed by atoms with Gasteiger partial charge >= 0.3 is 0 Å². The fourth-order valence-electron chi connectivity index (χ4n) is 11.6.